The molecule has 0 bridgehead atoms. The van der Waals surface area contributed by atoms with Crippen LogP contribution in [0, 0.1) is 0 Å². The monoisotopic (exact) mass is 359 g/mol. The molecule has 0 aromatic heterocycles. The highest BCUT2D eigenvalue weighted by molar-refractivity contribution is 7.80. The van der Waals surface area contributed by atoms with Crippen molar-refractivity contribution < 1.29 is 14.2 Å². The van der Waals surface area contributed by atoms with Crippen LogP contribution in [-0.4, -0.2) is 32.2 Å². The Bertz CT molecular complexity index is 733. The quantitative estimate of drug-likeness (QED) is 0.449. The van der Waals surface area contributed by atoms with E-state index >= 15 is 0 Å². The molecule has 0 atom stereocenters. The summed E-state index contributed by atoms with van der Waals surface area (Å²) in [7, 11) is 3.17. The number of anilines is 1. The summed E-state index contributed by atoms with van der Waals surface area (Å²) in [5, 5.41) is 7.52. The lowest BCUT2D eigenvalue weighted by Crippen LogP contribution is -2.23. The zero-order valence-electron chi connectivity index (χ0n) is 14.4. The maximum atomic E-state index is 5.40. The van der Waals surface area contributed by atoms with E-state index in [2.05, 4.69) is 15.8 Å². The van der Waals surface area contributed by atoms with Crippen LogP contribution in [0.15, 0.2) is 47.6 Å². The van der Waals surface area contributed by atoms with Gasteiger partial charge in [0.1, 0.15) is 5.75 Å². The molecule has 2 aromatic rings. The van der Waals surface area contributed by atoms with Crippen molar-refractivity contribution in [3.63, 3.8) is 0 Å². The van der Waals surface area contributed by atoms with Gasteiger partial charge in [-0.1, -0.05) is 0 Å². The topological polar surface area (TPSA) is 64.1 Å². The van der Waals surface area contributed by atoms with E-state index in [0.29, 0.717) is 23.2 Å². The summed E-state index contributed by atoms with van der Waals surface area (Å²) in [5.74, 6) is 2.10. The second-order valence-electron chi connectivity index (χ2n) is 4.90. The minimum Gasteiger partial charge on any atom is -0.494 e. The highest BCUT2D eigenvalue weighted by atomic mass is 32.1. The van der Waals surface area contributed by atoms with Crippen molar-refractivity contribution in [2.45, 2.75) is 6.92 Å². The van der Waals surface area contributed by atoms with Crippen molar-refractivity contribution >= 4 is 29.2 Å². The van der Waals surface area contributed by atoms with Crippen LogP contribution in [0.1, 0.15) is 12.5 Å². The lowest BCUT2D eigenvalue weighted by Gasteiger charge is -2.11. The third-order valence-corrected chi connectivity index (χ3v) is 3.41. The zero-order valence-corrected chi connectivity index (χ0v) is 15.2. The van der Waals surface area contributed by atoms with Gasteiger partial charge >= 0.3 is 0 Å². The Balaban J connectivity index is 1.89. The van der Waals surface area contributed by atoms with Crippen LogP contribution in [0.2, 0.25) is 0 Å². The lowest BCUT2D eigenvalue weighted by molar-refractivity contribution is 0.340. The van der Waals surface area contributed by atoms with Crippen molar-refractivity contribution in [3.05, 3.63) is 48.0 Å². The Morgan fingerprint density at radius 3 is 2.44 bits per heavy atom. The van der Waals surface area contributed by atoms with Gasteiger partial charge in [0.05, 0.1) is 27.0 Å². The molecule has 0 spiro atoms. The first-order valence-corrected chi connectivity index (χ1v) is 8.12. The summed E-state index contributed by atoms with van der Waals surface area (Å²) < 4.78 is 15.9. The van der Waals surface area contributed by atoms with Gasteiger partial charge < -0.3 is 19.5 Å². The Kier molecular flexibility index (Phi) is 7.03. The van der Waals surface area contributed by atoms with Crippen molar-refractivity contribution in [2.75, 3.05) is 26.1 Å². The zero-order chi connectivity index (χ0) is 18.1. The van der Waals surface area contributed by atoms with Gasteiger partial charge in [-0.2, -0.15) is 5.10 Å². The number of thiocarbonyl (C=S) groups is 1. The van der Waals surface area contributed by atoms with Crippen LogP contribution in [0.5, 0.6) is 17.2 Å². The summed E-state index contributed by atoms with van der Waals surface area (Å²) in [6.45, 7) is 2.59. The molecule has 0 amide bonds. The molecule has 7 heteroatoms. The fourth-order valence-electron chi connectivity index (χ4n) is 2.06. The fraction of sp³-hybridized carbons (Fsp3) is 0.222. The molecule has 6 nitrogen and oxygen atoms in total. The normalized spacial score (nSPS) is 10.4. The van der Waals surface area contributed by atoms with E-state index in [1.54, 1.807) is 32.6 Å². The van der Waals surface area contributed by atoms with Gasteiger partial charge in [-0.25, -0.2) is 0 Å². The summed E-state index contributed by atoms with van der Waals surface area (Å²) >= 11 is 5.22. The number of rotatable bonds is 7. The predicted molar refractivity (Wildman–Crippen MR) is 104 cm³/mol. The Labute approximate surface area is 152 Å². The molecular weight excluding hydrogens is 338 g/mol. The minimum absolute atomic E-state index is 0.370. The smallest absolute Gasteiger partial charge is 0.191 e. The average molecular weight is 359 g/mol. The second kappa shape index (κ2) is 9.48. The second-order valence-corrected chi connectivity index (χ2v) is 5.30. The van der Waals surface area contributed by atoms with Gasteiger partial charge in [0.15, 0.2) is 16.6 Å². The molecule has 0 radical (unpaired) electrons. The largest absolute Gasteiger partial charge is 0.494 e. The van der Waals surface area contributed by atoms with Gasteiger partial charge in [0.25, 0.3) is 0 Å². The Hall–Kier alpha value is -2.80. The van der Waals surface area contributed by atoms with Gasteiger partial charge in [-0.3, -0.25) is 5.43 Å². The molecule has 2 rings (SSSR count). The number of nitrogens with one attached hydrogen (secondary N) is 2. The Morgan fingerprint density at radius 2 is 1.80 bits per heavy atom. The number of hydrogen-bond acceptors (Lipinski definition) is 5. The van der Waals surface area contributed by atoms with Gasteiger partial charge in [0, 0.05) is 11.8 Å². The third kappa shape index (κ3) is 5.65. The van der Waals surface area contributed by atoms with Crippen LogP contribution < -0.4 is 25.0 Å². The number of ether oxygens (including phenoxy) is 3. The predicted octanol–water partition coefficient (Wildman–Crippen LogP) is 3.42. The van der Waals surface area contributed by atoms with Gasteiger partial charge in [-0.15, -0.1) is 0 Å². The SMILES string of the molecule is CCOc1ccc(/C=N\NC(=S)Nc2ccc(OC)c(OC)c2)cc1. The van der Waals surface area contributed by atoms with Crippen LogP contribution in [0.4, 0.5) is 5.69 Å². The van der Waals surface area contributed by atoms with E-state index in [0.717, 1.165) is 17.0 Å². The van der Waals surface area contributed by atoms with Gasteiger partial charge in [0.2, 0.25) is 0 Å². The number of nitrogens with zero attached hydrogens (tertiary/aromatic N) is 1. The first kappa shape index (κ1) is 18.5. The standard InChI is InChI=1S/C18H21N3O3S/c1-4-24-15-8-5-13(6-9-15)12-19-21-18(25)20-14-7-10-16(22-2)17(11-14)23-3/h5-12H,4H2,1-3H3,(H2,20,21,25)/b19-12-. The first-order chi connectivity index (χ1) is 12.2. The van der Waals surface area contributed by atoms with Crippen molar-refractivity contribution in [1.29, 1.82) is 0 Å². The molecule has 2 aromatic carbocycles. The van der Waals surface area contributed by atoms with E-state index < -0.39 is 0 Å². The number of hydrazone groups is 1. The number of methoxy groups -OCH3 is 2. The van der Waals surface area contributed by atoms with Crippen LogP contribution >= 0.6 is 12.2 Å². The molecule has 25 heavy (non-hydrogen) atoms. The molecule has 0 aliphatic rings. The Morgan fingerprint density at radius 1 is 1.08 bits per heavy atom. The molecule has 0 saturated carbocycles. The molecule has 2 N–H and O–H groups in total. The molecule has 0 unspecified atom stereocenters. The first-order valence-electron chi connectivity index (χ1n) is 7.71. The van der Waals surface area contributed by atoms with Crippen LogP contribution in [0.25, 0.3) is 0 Å². The summed E-state index contributed by atoms with van der Waals surface area (Å²) in [5.41, 5.74) is 4.48. The fourth-order valence-corrected chi connectivity index (χ4v) is 2.23. The van der Waals surface area contributed by atoms with E-state index in [4.69, 9.17) is 26.4 Å². The molecule has 0 fully saturated rings. The molecule has 0 aliphatic carbocycles. The third-order valence-electron chi connectivity index (χ3n) is 3.21. The molecule has 132 valence electrons. The van der Waals surface area contributed by atoms with Gasteiger partial charge in [-0.05, 0) is 61.1 Å². The van der Waals surface area contributed by atoms with Crippen LogP contribution in [-0.2, 0) is 0 Å². The van der Waals surface area contributed by atoms with E-state index in [1.165, 1.54) is 0 Å². The van der Waals surface area contributed by atoms with Crippen molar-refractivity contribution in [3.8, 4) is 17.2 Å². The summed E-state index contributed by atoms with van der Waals surface area (Å²) in [6.07, 6.45) is 1.68. The summed E-state index contributed by atoms with van der Waals surface area (Å²) in [4.78, 5) is 0. The van der Waals surface area contributed by atoms with Crippen LogP contribution in [0.3, 0.4) is 0 Å². The highest BCUT2D eigenvalue weighted by Crippen LogP contribution is 2.29. The summed E-state index contributed by atoms with van der Waals surface area (Å²) in [6, 6.07) is 13.1. The lowest BCUT2D eigenvalue weighted by atomic mass is 10.2. The number of benzene rings is 2. The minimum atomic E-state index is 0.370. The highest BCUT2D eigenvalue weighted by Gasteiger charge is 2.05. The van der Waals surface area contributed by atoms with E-state index in [-0.39, 0.29) is 0 Å². The van der Waals surface area contributed by atoms with E-state index in [1.807, 2.05) is 37.3 Å². The van der Waals surface area contributed by atoms with Crippen molar-refractivity contribution in [1.82, 2.24) is 5.43 Å². The molecule has 0 saturated heterocycles. The molecule has 0 aliphatic heterocycles. The maximum Gasteiger partial charge on any atom is 0.191 e. The van der Waals surface area contributed by atoms with E-state index in [9.17, 15) is 0 Å². The maximum absolute atomic E-state index is 5.40. The number of hydrogen-bond donors (Lipinski definition) is 2. The average Bonchev–Trinajstić information content (AvgIpc) is 2.63. The molecular formula is C18H21N3O3S. The van der Waals surface area contributed by atoms with Crippen molar-refractivity contribution in [2.24, 2.45) is 5.10 Å². The molecule has 0 heterocycles.